The zero-order valence-corrected chi connectivity index (χ0v) is 22.8. The van der Waals surface area contributed by atoms with Crippen LogP contribution in [-0.4, -0.2) is 90.6 Å². The number of amides is 4. The standard InChI is InChI=1S/C27H39N5O6/c1-16(28-4)23(33)30-22-25(35)32-17(12-14-31(26(36)37-5)27(22,2)3)10-11-20(32)24(34)29-19-13-15-38-21-9-7-6-8-18(19)21/h6-9,16-17,19-20,22,28H,10-15H2,1-5H3,(H,29,34)(H,30,33)/t16-,17+,19?,20-,22+/m0/s1. The summed E-state index contributed by atoms with van der Waals surface area (Å²) < 4.78 is 10.8. The molecular formula is C27H39N5O6. The van der Waals surface area contributed by atoms with Crippen molar-refractivity contribution in [2.24, 2.45) is 0 Å². The van der Waals surface area contributed by atoms with Crippen LogP contribution in [0.15, 0.2) is 24.3 Å². The first-order chi connectivity index (χ1) is 18.1. The van der Waals surface area contributed by atoms with Crippen molar-refractivity contribution in [2.75, 3.05) is 27.3 Å². The van der Waals surface area contributed by atoms with Gasteiger partial charge in [-0.1, -0.05) is 18.2 Å². The van der Waals surface area contributed by atoms with Crippen molar-refractivity contribution in [1.29, 1.82) is 0 Å². The molecule has 1 aromatic rings. The molecule has 0 aromatic heterocycles. The van der Waals surface area contributed by atoms with Crippen molar-refractivity contribution in [3.63, 3.8) is 0 Å². The number of carbonyl (C=O) groups excluding carboxylic acids is 4. The predicted molar refractivity (Wildman–Crippen MR) is 139 cm³/mol. The minimum absolute atomic E-state index is 0.213. The molecule has 0 saturated carbocycles. The average molecular weight is 530 g/mol. The Morgan fingerprint density at radius 2 is 1.84 bits per heavy atom. The highest BCUT2D eigenvalue weighted by Crippen LogP contribution is 2.36. The number of likely N-dealkylation sites (N-methyl/N-ethyl adjacent to an activating group) is 1. The molecule has 0 radical (unpaired) electrons. The van der Waals surface area contributed by atoms with E-state index in [9.17, 15) is 19.2 Å². The van der Waals surface area contributed by atoms with Gasteiger partial charge in [-0.15, -0.1) is 0 Å². The molecule has 0 spiro atoms. The Bertz CT molecular complexity index is 1080. The van der Waals surface area contributed by atoms with Gasteiger partial charge in [0.25, 0.3) is 0 Å². The number of rotatable bonds is 5. The van der Waals surface area contributed by atoms with Gasteiger partial charge < -0.3 is 35.2 Å². The highest BCUT2D eigenvalue weighted by atomic mass is 16.5. The third kappa shape index (κ3) is 5.16. The molecule has 3 heterocycles. The van der Waals surface area contributed by atoms with E-state index < -0.39 is 29.8 Å². The first-order valence-corrected chi connectivity index (χ1v) is 13.3. The number of ether oxygens (including phenoxy) is 2. The normalized spacial score (nSPS) is 27.1. The fraction of sp³-hybridized carbons (Fsp3) is 0.630. The van der Waals surface area contributed by atoms with Crippen molar-refractivity contribution >= 4 is 23.8 Å². The molecule has 2 saturated heterocycles. The Labute approximate surface area is 223 Å². The van der Waals surface area contributed by atoms with Crippen LogP contribution in [0.2, 0.25) is 0 Å². The highest BCUT2D eigenvalue weighted by molar-refractivity contribution is 5.95. The molecule has 0 aliphatic carbocycles. The molecule has 3 aliphatic rings. The van der Waals surface area contributed by atoms with E-state index in [1.165, 1.54) is 12.0 Å². The van der Waals surface area contributed by atoms with Gasteiger partial charge in [-0.3, -0.25) is 14.4 Å². The highest BCUT2D eigenvalue weighted by Gasteiger charge is 2.52. The second-order valence-corrected chi connectivity index (χ2v) is 10.7. The SMILES string of the molecule is CN[C@@H](C)C(=O)N[C@@H]1C(=O)N2[C@H](CC[C@H]2C(=O)NC2CCOc3ccccc32)CCN(C(=O)OC)C1(C)C. The largest absolute Gasteiger partial charge is 0.493 e. The molecule has 3 aliphatic heterocycles. The number of hydrogen-bond donors (Lipinski definition) is 3. The number of nitrogens with one attached hydrogen (secondary N) is 3. The Balaban J connectivity index is 1.62. The number of para-hydroxylation sites is 1. The Morgan fingerprint density at radius 1 is 1.11 bits per heavy atom. The fourth-order valence-corrected chi connectivity index (χ4v) is 5.76. The first-order valence-electron chi connectivity index (χ1n) is 13.3. The van der Waals surface area contributed by atoms with Crippen LogP contribution in [0.5, 0.6) is 5.75 Å². The summed E-state index contributed by atoms with van der Waals surface area (Å²) in [4.78, 5) is 56.7. The second-order valence-electron chi connectivity index (χ2n) is 10.7. The number of hydrogen-bond acceptors (Lipinski definition) is 7. The van der Waals surface area contributed by atoms with Gasteiger partial charge in [0.2, 0.25) is 17.7 Å². The quantitative estimate of drug-likeness (QED) is 0.525. The lowest BCUT2D eigenvalue weighted by atomic mass is 9.88. The number of nitrogens with zero attached hydrogens (tertiary/aromatic N) is 2. The zero-order valence-electron chi connectivity index (χ0n) is 22.8. The van der Waals surface area contributed by atoms with E-state index in [0.717, 1.165) is 11.3 Å². The van der Waals surface area contributed by atoms with Crippen LogP contribution in [0.4, 0.5) is 4.79 Å². The van der Waals surface area contributed by atoms with E-state index in [4.69, 9.17) is 9.47 Å². The molecule has 11 nitrogen and oxygen atoms in total. The topological polar surface area (TPSA) is 129 Å². The summed E-state index contributed by atoms with van der Waals surface area (Å²) in [6.07, 6.45) is 1.69. The summed E-state index contributed by atoms with van der Waals surface area (Å²) in [6, 6.07) is 4.86. The molecule has 0 bridgehead atoms. The Hall–Kier alpha value is -3.34. The number of carbonyl (C=O) groups is 4. The van der Waals surface area contributed by atoms with Crippen LogP contribution in [0.1, 0.15) is 58.1 Å². The molecule has 11 heteroatoms. The summed E-state index contributed by atoms with van der Waals surface area (Å²) in [7, 11) is 2.95. The van der Waals surface area contributed by atoms with E-state index in [1.54, 1.807) is 32.7 Å². The average Bonchev–Trinajstić information content (AvgIpc) is 3.34. The number of fused-ring (bicyclic) bond motifs is 2. The van der Waals surface area contributed by atoms with E-state index in [2.05, 4.69) is 16.0 Å². The van der Waals surface area contributed by atoms with Crippen LogP contribution in [-0.2, 0) is 19.1 Å². The molecule has 1 unspecified atom stereocenters. The number of benzene rings is 1. The fourth-order valence-electron chi connectivity index (χ4n) is 5.76. The lowest BCUT2D eigenvalue weighted by Crippen LogP contribution is -2.70. The minimum atomic E-state index is -1.11. The molecule has 208 valence electrons. The molecular weight excluding hydrogens is 490 g/mol. The third-order valence-corrected chi connectivity index (χ3v) is 8.18. The van der Waals surface area contributed by atoms with Crippen molar-refractivity contribution in [2.45, 2.75) is 82.2 Å². The molecule has 4 amide bonds. The van der Waals surface area contributed by atoms with E-state index in [0.29, 0.717) is 38.8 Å². The van der Waals surface area contributed by atoms with E-state index in [-0.39, 0.29) is 29.8 Å². The second kappa shape index (κ2) is 11.2. The monoisotopic (exact) mass is 529 g/mol. The van der Waals surface area contributed by atoms with Gasteiger partial charge >= 0.3 is 6.09 Å². The van der Waals surface area contributed by atoms with Gasteiger partial charge in [0.1, 0.15) is 17.8 Å². The van der Waals surface area contributed by atoms with Gasteiger partial charge in [-0.25, -0.2) is 4.79 Å². The number of methoxy groups -OCH3 is 1. The van der Waals surface area contributed by atoms with Crippen LogP contribution >= 0.6 is 0 Å². The summed E-state index contributed by atoms with van der Waals surface area (Å²) in [5.41, 5.74) is -0.191. The lowest BCUT2D eigenvalue weighted by Gasteiger charge is -2.47. The summed E-state index contributed by atoms with van der Waals surface area (Å²) in [5, 5.41) is 8.89. The minimum Gasteiger partial charge on any atom is -0.493 e. The van der Waals surface area contributed by atoms with Crippen LogP contribution in [0.3, 0.4) is 0 Å². The summed E-state index contributed by atoms with van der Waals surface area (Å²) >= 11 is 0. The van der Waals surface area contributed by atoms with Gasteiger partial charge in [-0.05, 0) is 53.1 Å². The summed E-state index contributed by atoms with van der Waals surface area (Å²) in [5.74, 6) is -0.226. The maximum atomic E-state index is 14.2. The van der Waals surface area contributed by atoms with Crippen LogP contribution < -0.4 is 20.7 Å². The predicted octanol–water partition coefficient (Wildman–Crippen LogP) is 1.33. The van der Waals surface area contributed by atoms with Crippen LogP contribution in [0, 0.1) is 0 Å². The van der Waals surface area contributed by atoms with Crippen LogP contribution in [0.25, 0.3) is 0 Å². The van der Waals surface area contributed by atoms with Crippen molar-refractivity contribution in [1.82, 2.24) is 25.8 Å². The lowest BCUT2D eigenvalue weighted by molar-refractivity contribution is -0.148. The smallest absolute Gasteiger partial charge is 0.410 e. The molecule has 4 rings (SSSR count). The maximum absolute atomic E-state index is 14.2. The van der Waals surface area contributed by atoms with E-state index in [1.807, 2.05) is 24.3 Å². The Kier molecular flexibility index (Phi) is 8.15. The molecule has 38 heavy (non-hydrogen) atoms. The molecule has 5 atom stereocenters. The van der Waals surface area contributed by atoms with Gasteiger partial charge in [0.15, 0.2) is 0 Å². The van der Waals surface area contributed by atoms with Crippen molar-refractivity contribution in [3.05, 3.63) is 29.8 Å². The first kappa shape index (κ1) is 27.7. The van der Waals surface area contributed by atoms with Gasteiger partial charge in [0.05, 0.1) is 31.3 Å². The van der Waals surface area contributed by atoms with Gasteiger partial charge in [-0.2, -0.15) is 0 Å². The maximum Gasteiger partial charge on any atom is 0.410 e. The molecule has 3 N–H and O–H groups in total. The van der Waals surface area contributed by atoms with Crippen molar-refractivity contribution < 1.29 is 28.7 Å². The molecule has 1 aromatic carbocycles. The zero-order chi connectivity index (χ0) is 27.6. The third-order valence-electron chi connectivity index (χ3n) is 8.18. The van der Waals surface area contributed by atoms with Gasteiger partial charge in [0, 0.05) is 24.6 Å². The van der Waals surface area contributed by atoms with E-state index >= 15 is 0 Å². The van der Waals surface area contributed by atoms with Crippen molar-refractivity contribution in [3.8, 4) is 5.75 Å². The molecule has 2 fully saturated rings. The summed E-state index contributed by atoms with van der Waals surface area (Å²) in [6.45, 7) is 5.98. The Morgan fingerprint density at radius 3 is 2.55 bits per heavy atom.